The van der Waals surface area contributed by atoms with Crippen molar-refractivity contribution in [3.05, 3.63) is 54.1 Å². The first-order valence-electron chi connectivity index (χ1n) is 14.3. The monoisotopic (exact) mass is 565 g/mol. The quantitative estimate of drug-likeness (QED) is 0.545. The zero-order chi connectivity index (χ0) is 29.1. The summed E-state index contributed by atoms with van der Waals surface area (Å²) in [5, 5.41) is 13.4. The van der Waals surface area contributed by atoms with E-state index in [1.807, 2.05) is 42.5 Å². The Morgan fingerprint density at radius 2 is 1.80 bits per heavy atom. The van der Waals surface area contributed by atoms with Crippen molar-refractivity contribution >= 4 is 17.9 Å². The van der Waals surface area contributed by atoms with Gasteiger partial charge in [-0.2, -0.15) is 0 Å². The fourth-order valence-electron chi connectivity index (χ4n) is 5.49. The van der Waals surface area contributed by atoms with E-state index in [1.165, 1.54) is 9.80 Å². The number of hydrogen-bond acceptors (Lipinski definition) is 7. The van der Waals surface area contributed by atoms with Crippen molar-refractivity contribution in [3.8, 4) is 16.9 Å². The Hall–Kier alpha value is -3.63. The number of benzene rings is 2. The molecule has 41 heavy (non-hydrogen) atoms. The number of ether oxygens (including phenoxy) is 3. The zero-order valence-corrected chi connectivity index (χ0v) is 23.9. The van der Waals surface area contributed by atoms with E-state index >= 15 is 0 Å². The number of carbonyl (C=O) groups is 3. The van der Waals surface area contributed by atoms with E-state index in [4.69, 9.17) is 14.2 Å². The second-order valence-corrected chi connectivity index (χ2v) is 11.8. The largest absolute Gasteiger partial charge is 0.493 e. The van der Waals surface area contributed by atoms with Crippen LogP contribution in [0.4, 0.5) is 4.79 Å². The van der Waals surface area contributed by atoms with Gasteiger partial charge in [0.15, 0.2) is 0 Å². The molecule has 3 aliphatic heterocycles. The average Bonchev–Trinajstić information content (AvgIpc) is 2.95. The molecule has 2 aromatic carbocycles. The van der Waals surface area contributed by atoms with Gasteiger partial charge in [-0.1, -0.05) is 36.4 Å². The molecule has 3 heterocycles. The van der Waals surface area contributed by atoms with Gasteiger partial charge in [0.25, 0.3) is 5.91 Å². The summed E-state index contributed by atoms with van der Waals surface area (Å²) in [4.78, 5) is 43.5. The highest BCUT2D eigenvalue weighted by molar-refractivity contribution is 6.00. The molecule has 2 bridgehead atoms. The smallest absolute Gasteiger partial charge is 0.410 e. The number of nitrogens with zero attached hydrogens (tertiary/aromatic N) is 2. The van der Waals surface area contributed by atoms with Crippen molar-refractivity contribution in [3.63, 3.8) is 0 Å². The van der Waals surface area contributed by atoms with Crippen molar-refractivity contribution in [2.24, 2.45) is 0 Å². The Kier molecular flexibility index (Phi) is 8.51. The molecule has 2 fully saturated rings. The number of rotatable bonds is 1. The minimum atomic E-state index is -0.968. The van der Waals surface area contributed by atoms with Gasteiger partial charge in [0.2, 0.25) is 5.91 Å². The van der Waals surface area contributed by atoms with E-state index in [9.17, 15) is 19.5 Å². The molecule has 0 aromatic heterocycles. The fraction of sp³-hybridized carbons (Fsp3) is 0.516. The molecule has 10 heteroatoms. The molecule has 2 saturated heterocycles. The zero-order valence-electron chi connectivity index (χ0n) is 23.9. The highest BCUT2D eigenvalue weighted by Gasteiger charge is 2.40. The predicted octanol–water partition coefficient (Wildman–Crippen LogP) is 3.22. The van der Waals surface area contributed by atoms with Crippen molar-refractivity contribution in [1.29, 1.82) is 0 Å². The summed E-state index contributed by atoms with van der Waals surface area (Å²) in [6.07, 6.45) is -0.163. The highest BCUT2D eigenvalue weighted by atomic mass is 16.6. The van der Waals surface area contributed by atoms with Crippen LogP contribution in [0.1, 0.15) is 50.4 Å². The van der Waals surface area contributed by atoms with E-state index in [-0.39, 0.29) is 38.2 Å². The van der Waals surface area contributed by atoms with Crippen LogP contribution in [-0.4, -0.2) is 95.6 Å². The Bertz CT molecular complexity index is 1260. The van der Waals surface area contributed by atoms with Crippen LogP contribution >= 0.6 is 0 Å². The summed E-state index contributed by atoms with van der Waals surface area (Å²) in [5.74, 6) is -0.350. The van der Waals surface area contributed by atoms with Crippen LogP contribution < -0.4 is 10.1 Å². The van der Waals surface area contributed by atoms with Crippen LogP contribution in [0.3, 0.4) is 0 Å². The molecule has 0 aliphatic carbocycles. The lowest BCUT2D eigenvalue weighted by molar-refractivity contribution is -0.135. The molecule has 2 N–H and O–H groups in total. The lowest BCUT2D eigenvalue weighted by Crippen LogP contribution is -2.62. The van der Waals surface area contributed by atoms with E-state index < -0.39 is 35.9 Å². The minimum Gasteiger partial charge on any atom is -0.493 e. The van der Waals surface area contributed by atoms with Gasteiger partial charge in [-0.25, -0.2) is 4.79 Å². The molecule has 0 spiro atoms. The van der Waals surface area contributed by atoms with Gasteiger partial charge in [-0.3, -0.25) is 9.59 Å². The third-order valence-electron chi connectivity index (χ3n) is 7.67. The third kappa shape index (κ3) is 6.82. The van der Waals surface area contributed by atoms with E-state index in [0.717, 1.165) is 11.1 Å². The van der Waals surface area contributed by atoms with Gasteiger partial charge in [-0.05, 0) is 56.9 Å². The van der Waals surface area contributed by atoms with Gasteiger partial charge in [0.05, 0.1) is 30.9 Å². The van der Waals surface area contributed by atoms with Crippen LogP contribution in [0.2, 0.25) is 0 Å². The summed E-state index contributed by atoms with van der Waals surface area (Å²) >= 11 is 0. The molecule has 0 unspecified atom stereocenters. The van der Waals surface area contributed by atoms with Crippen molar-refractivity contribution in [1.82, 2.24) is 15.1 Å². The number of nitrogens with one attached hydrogen (secondary N) is 1. The summed E-state index contributed by atoms with van der Waals surface area (Å²) < 4.78 is 17.9. The Balaban J connectivity index is 1.48. The van der Waals surface area contributed by atoms with Crippen LogP contribution in [-0.2, 0) is 14.3 Å². The molecule has 2 aromatic rings. The highest BCUT2D eigenvalue weighted by Crippen LogP contribution is 2.31. The maximum atomic E-state index is 14.1. The molecule has 3 aliphatic rings. The molecule has 4 atom stereocenters. The first-order chi connectivity index (χ1) is 19.6. The average molecular weight is 566 g/mol. The van der Waals surface area contributed by atoms with Crippen LogP contribution in [0, 0.1) is 0 Å². The molecular weight excluding hydrogens is 526 g/mol. The maximum absolute atomic E-state index is 14.1. The van der Waals surface area contributed by atoms with Gasteiger partial charge >= 0.3 is 6.09 Å². The normalized spacial score (nSPS) is 25.7. The van der Waals surface area contributed by atoms with E-state index in [0.29, 0.717) is 37.2 Å². The number of aliphatic hydroxyl groups is 1. The molecule has 10 nitrogen and oxygen atoms in total. The standard InChI is InChI=1S/C31H39N3O7/c1-31(2,3)41-30(38)33-14-15-34-24(19-33)28(36)32-18-27-25(35)12-10-22(40-27)13-16-39-26-17-21(9-11-23(26)29(34)37)20-7-5-4-6-8-20/h4-9,11,17,22,24-25,27,35H,10,12-16,18-19H2,1-3H3,(H,32,36)/t22-,24-,25-,27+/m0/s1. The van der Waals surface area contributed by atoms with Crippen LogP contribution in [0.15, 0.2) is 48.5 Å². The summed E-state index contributed by atoms with van der Waals surface area (Å²) in [5.41, 5.74) is 1.54. The third-order valence-corrected chi connectivity index (χ3v) is 7.67. The van der Waals surface area contributed by atoms with E-state index in [1.54, 1.807) is 26.8 Å². The van der Waals surface area contributed by atoms with Gasteiger partial charge in [-0.15, -0.1) is 0 Å². The number of piperazine rings is 1. The molecule has 0 radical (unpaired) electrons. The number of carbonyl (C=O) groups excluding carboxylic acids is 3. The van der Waals surface area contributed by atoms with Crippen molar-refractivity contribution in [2.75, 3.05) is 32.8 Å². The summed E-state index contributed by atoms with van der Waals surface area (Å²) in [6, 6.07) is 14.3. The Morgan fingerprint density at radius 1 is 1.02 bits per heavy atom. The summed E-state index contributed by atoms with van der Waals surface area (Å²) in [6.45, 7) is 6.09. The topological polar surface area (TPSA) is 118 Å². The maximum Gasteiger partial charge on any atom is 0.410 e. The molecule has 5 rings (SSSR count). The lowest BCUT2D eigenvalue weighted by atomic mass is 9.98. The first kappa shape index (κ1) is 28.9. The first-order valence-corrected chi connectivity index (χ1v) is 14.3. The minimum absolute atomic E-state index is 0.0263. The Labute approximate surface area is 240 Å². The van der Waals surface area contributed by atoms with Crippen molar-refractivity contribution in [2.45, 2.75) is 70.0 Å². The number of hydrogen-bond donors (Lipinski definition) is 2. The number of amides is 3. The molecular formula is C31H39N3O7. The van der Waals surface area contributed by atoms with Gasteiger partial charge in [0, 0.05) is 26.1 Å². The SMILES string of the molecule is CC(C)(C)OC(=O)N1CCN2C(=O)c3ccc(-c4ccccc4)cc3OCC[C@@H]3CC[C@H](O)[C@@H](CNC(=O)[C@@H]2C1)O3. The van der Waals surface area contributed by atoms with Gasteiger partial charge in [0.1, 0.15) is 23.5 Å². The summed E-state index contributed by atoms with van der Waals surface area (Å²) in [7, 11) is 0. The Morgan fingerprint density at radius 3 is 2.56 bits per heavy atom. The number of fused-ring (bicyclic) bond motifs is 4. The second kappa shape index (κ2) is 12.1. The van der Waals surface area contributed by atoms with Crippen LogP contribution in [0.25, 0.3) is 11.1 Å². The molecule has 0 saturated carbocycles. The number of aliphatic hydroxyl groups excluding tert-OH is 1. The lowest BCUT2D eigenvalue weighted by Gasteiger charge is -2.41. The fourth-order valence-corrected chi connectivity index (χ4v) is 5.49. The molecule has 3 amide bonds. The predicted molar refractivity (Wildman–Crippen MR) is 152 cm³/mol. The van der Waals surface area contributed by atoms with Crippen molar-refractivity contribution < 1.29 is 33.7 Å². The van der Waals surface area contributed by atoms with Gasteiger partial charge < -0.3 is 34.4 Å². The van der Waals surface area contributed by atoms with E-state index in [2.05, 4.69) is 5.32 Å². The second-order valence-electron chi connectivity index (χ2n) is 11.8. The molecule has 220 valence electrons. The van der Waals surface area contributed by atoms with Crippen LogP contribution in [0.5, 0.6) is 5.75 Å².